The number of aromatic amines is 1. The Bertz CT molecular complexity index is 602. The summed E-state index contributed by atoms with van der Waals surface area (Å²) < 4.78 is 0. The summed E-state index contributed by atoms with van der Waals surface area (Å²) in [5.74, 6) is 0.0924. The fraction of sp³-hybridized carbons (Fsp3) is 0.357. The molecule has 3 rings (SSSR count). The number of nitrogens with one attached hydrogen (secondary N) is 1. The van der Waals surface area contributed by atoms with Crippen molar-refractivity contribution in [2.75, 3.05) is 12.3 Å². The molecule has 1 atom stereocenters. The number of nitrogens with two attached hydrogens (primary N) is 1. The Kier molecular flexibility index (Phi) is 2.51. The monoisotopic (exact) mass is 243 g/mol. The number of hydrogen-bond acceptors (Lipinski definition) is 2. The van der Waals surface area contributed by atoms with Crippen molar-refractivity contribution in [3.63, 3.8) is 0 Å². The molecule has 0 spiro atoms. The lowest BCUT2D eigenvalue weighted by molar-refractivity contribution is 0.0742. The molecule has 4 heteroatoms. The Morgan fingerprint density at radius 1 is 1.44 bits per heavy atom. The van der Waals surface area contributed by atoms with Crippen LogP contribution in [0, 0.1) is 0 Å². The molecule has 2 heterocycles. The molecule has 0 bridgehead atoms. The molecule has 1 aliphatic rings. The van der Waals surface area contributed by atoms with Gasteiger partial charge in [0.2, 0.25) is 0 Å². The van der Waals surface area contributed by atoms with Crippen LogP contribution >= 0.6 is 0 Å². The number of benzene rings is 1. The van der Waals surface area contributed by atoms with Gasteiger partial charge in [-0.2, -0.15) is 0 Å². The second kappa shape index (κ2) is 4.05. The highest BCUT2D eigenvalue weighted by Gasteiger charge is 2.26. The average molecular weight is 243 g/mol. The predicted molar refractivity (Wildman–Crippen MR) is 72.4 cm³/mol. The first-order valence-electron chi connectivity index (χ1n) is 6.34. The third-order valence-corrected chi connectivity index (χ3v) is 3.69. The largest absolute Gasteiger partial charge is 0.399 e. The van der Waals surface area contributed by atoms with E-state index in [0.717, 1.165) is 36.0 Å². The molecule has 3 N–H and O–H groups in total. The lowest BCUT2D eigenvalue weighted by Crippen LogP contribution is -2.33. The number of nitrogen functional groups attached to an aromatic ring is 1. The molecule has 1 aliphatic heterocycles. The lowest BCUT2D eigenvalue weighted by Gasteiger charge is -2.20. The summed E-state index contributed by atoms with van der Waals surface area (Å²) in [6.45, 7) is 2.96. The van der Waals surface area contributed by atoms with Crippen molar-refractivity contribution in [2.45, 2.75) is 25.8 Å². The lowest BCUT2D eigenvalue weighted by atomic mass is 10.2. The van der Waals surface area contributed by atoms with E-state index in [0.29, 0.717) is 11.7 Å². The Morgan fingerprint density at radius 2 is 2.28 bits per heavy atom. The number of amides is 1. The summed E-state index contributed by atoms with van der Waals surface area (Å²) in [5.41, 5.74) is 8.08. The molecule has 0 radical (unpaired) electrons. The van der Waals surface area contributed by atoms with Gasteiger partial charge in [-0.1, -0.05) is 0 Å². The molecule has 1 aromatic heterocycles. The Morgan fingerprint density at radius 3 is 3.00 bits per heavy atom. The number of nitrogens with zero attached hydrogens (tertiary/aromatic N) is 1. The van der Waals surface area contributed by atoms with Gasteiger partial charge in [0, 0.05) is 29.2 Å². The molecular weight excluding hydrogens is 226 g/mol. The number of anilines is 1. The molecule has 18 heavy (non-hydrogen) atoms. The fourth-order valence-corrected chi connectivity index (χ4v) is 2.66. The highest BCUT2D eigenvalue weighted by Crippen LogP contribution is 2.23. The van der Waals surface area contributed by atoms with Gasteiger partial charge >= 0.3 is 0 Å². The smallest absolute Gasteiger partial charge is 0.270 e. The number of rotatable bonds is 1. The number of H-pyrrole nitrogens is 1. The van der Waals surface area contributed by atoms with Crippen LogP contribution in [0.15, 0.2) is 24.3 Å². The van der Waals surface area contributed by atoms with E-state index in [1.54, 1.807) is 0 Å². The topological polar surface area (TPSA) is 62.1 Å². The van der Waals surface area contributed by atoms with Crippen LogP contribution in [0.3, 0.4) is 0 Å². The van der Waals surface area contributed by atoms with Crippen molar-refractivity contribution in [2.24, 2.45) is 0 Å². The maximum Gasteiger partial charge on any atom is 0.270 e. The van der Waals surface area contributed by atoms with Gasteiger partial charge in [0.15, 0.2) is 0 Å². The quantitative estimate of drug-likeness (QED) is 0.755. The van der Waals surface area contributed by atoms with Gasteiger partial charge < -0.3 is 15.6 Å². The molecule has 1 saturated heterocycles. The third-order valence-electron chi connectivity index (χ3n) is 3.69. The minimum absolute atomic E-state index is 0.0924. The number of hydrogen-bond donors (Lipinski definition) is 2. The number of carbonyl (C=O) groups is 1. The first-order chi connectivity index (χ1) is 8.65. The molecule has 1 fully saturated rings. The van der Waals surface area contributed by atoms with Crippen LogP contribution in [0.4, 0.5) is 5.69 Å². The van der Waals surface area contributed by atoms with Crippen LogP contribution in [0.5, 0.6) is 0 Å². The maximum atomic E-state index is 12.4. The molecule has 2 aromatic rings. The van der Waals surface area contributed by atoms with Crippen molar-refractivity contribution >= 4 is 22.5 Å². The van der Waals surface area contributed by atoms with Crippen molar-refractivity contribution < 1.29 is 4.79 Å². The molecule has 94 valence electrons. The van der Waals surface area contributed by atoms with E-state index in [2.05, 4.69) is 11.9 Å². The first-order valence-corrected chi connectivity index (χ1v) is 6.34. The zero-order valence-corrected chi connectivity index (χ0v) is 10.4. The normalized spacial score (nSPS) is 19.6. The van der Waals surface area contributed by atoms with Gasteiger partial charge in [-0.3, -0.25) is 4.79 Å². The van der Waals surface area contributed by atoms with E-state index in [1.165, 1.54) is 0 Å². The predicted octanol–water partition coefficient (Wildman–Crippen LogP) is 2.37. The van der Waals surface area contributed by atoms with Crippen molar-refractivity contribution in [1.29, 1.82) is 0 Å². The summed E-state index contributed by atoms with van der Waals surface area (Å²) in [6, 6.07) is 7.86. The highest BCUT2D eigenvalue weighted by atomic mass is 16.2. The molecule has 4 nitrogen and oxygen atoms in total. The molecular formula is C14H17N3O. The Balaban J connectivity index is 1.96. The standard InChI is InChI=1S/C14H17N3O/c1-9-3-2-6-17(9)14(18)13-8-10-7-11(15)4-5-12(10)16-13/h4-5,7-9,16H,2-3,6,15H2,1H3. The molecule has 1 aromatic carbocycles. The maximum absolute atomic E-state index is 12.4. The van der Waals surface area contributed by atoms with Crippen molar-refractivity contribution in [3.8, 4) is 0 Å². The van der Waals surface area contributed by atoms with E-state index in [4.69, 9.17) is 5.73 Å². The summed E-state index contributed by atoms with van der Waals surface area (Å²) in [5, 5.41) is 0.991. The molecule has 1 unspecified atom stereocenters. The minimum atomic E-state index is 0.0924. The molecule has 0 saturated carbocycles. The second-order valence-electron chi connectivity index (χ2n) is 5.02. The fourth-order valence-electron chi connectivity index (χ4n) is 2.66. The Labute approximate surface area is 106 Å². The third kappa shape index (κ3) is 1.74. The van der Waals surface area contributed by atoms with Gasteiger partial charge in [0.05, 0.1) is 0 Å². The van der Waals surface area contributed by atoms with E-state index >= 15 is 0 Å². The number of carbonyl (C=O) groups excluding carboxylic acids is 1. The van der Waals surface area contributed by atoms with E-state index < -0.39 is 0 Å². The van der Waals surface area contributed by atoms with Crippen LogP contribution in [-0.4, -0.2) is 28.4 Å². The number of likely N-dealkylation sites (tertiary alicyclic amines) is 1. The summed E-state index contributed by atoms with van der Waals surface area (Å²) in [7, 11) is 0. The highest BCUT2D eigenvalue weighted by molar-refractivity contribution is 5.98. The zero-order chi connectivity index (χ0) is 12.7. The van der Waals surface area contributed by atoms with Gasteiger partial charge in [-0.05, 0) is 44.0 Å². The van der Waals surface area contributed by atoms with E-state index in [1.807, 2.05) is 29.2 Å². The van der Waals surface area contributed by atoms with Crippen LogP contribution in [0.2, 0.25) is 0 Å². The van der Waals surface area contributed by atoms with Gasteiger partial charge in [-0.15, -0.1) is 0 Å². The van der Waals surface area contributed by atoms with Crippen LogP contribution in [0.25, 0.3) is 10.9 Å². The Hall–Kier alpha value is -1.97. The second-order valence-corrected chi connectivity index (χ2v) is 5.02. The molecule has 0 aliphatic carbocycles. The van der Waals surface area contributed by atoms with Gasteiger partial charge in [0.25, 0.3) is 5.91 Å². The van der Waals surface area contributed by atoms with Crippen LogP contribution in [-0.2, 0) is 0 Å². The summed E-state index contributed by atoms with van der Waals surface area (Å²) >= 11 is 0. The van der Waals surface area contributed by atoms with Crippen LogP contribution in [0.1, 0.15) is 30.3 Å². The minimum Gasteiger partial charge on any atom is -0.399 e. The molecule has 1 amide bonds. The zero-order valence-electron chi connectivity index (χ0n) is 10.4. The van der Waals surface area contributed by atoms with Crippen molar-refractivity contribution in [1.82, 2.24) is 9.88 Å². The van der Waals surface area contributed by atoms with E-state index in [9.17, 15) is 4.79 Å². The summed E-state index contributed by atoms with van der Waals surface area (Å²) in [4.78, 5) is 17.5. The summed E-state index contributed by atoms with van der Waals surface area (Å²) in [6.07, 6.45) is 2.19. The van der Waals surface area contributed by atoms with Gasteiger partial charge in [-0.25, -0.2) is 0 Å². The van der Waals surface area contributed by atoms with E-state index in [-0.39, 0.29) is 5.91 Å². The van der Waals surface area contributed by atoms with Crippen molar-refractivity contribution in [3.05, 3.63) is 30.0 Å². The van der Waals surface area contributed by atoms with Crippen LogP contribution < -0.4 is 5.73 Å². The SMILES string of the molecule is CC1CCCN1C(=O)c1cc2cc(N)ccc2[nH]1. The van der Waals surface area contributed by atoms with Gasteiger partial charge in [0.1, 0.15) is 5.69 Å². The average Bonchev–Trinajstić information content (AvgIpc) is 2.93. The number of fused-ring (bicyclic) bond motifs is 1. The number of aromatic nitrogens is 1. The first kappa shape index (κ1) is 11.1.